The summed E-state index contributed by atoms with van der Waals surface area (Å²) in [7, 11) is 1.72. The number of hydrogen-bond donors (Lipinski definition) is 0. The SMILES string of the molecule is COc1c(C)cc(C(Br)c2ccc(Br)cc2)cc1C. The zero-order valence-corrected chi connectivity index (χ0v) is 14.4. The van der Waals surface area contributed by atoms with Crippen LogP contribution in [0, 0.1) is 13.8 Å². The second kappa shape index (κ2) is 6.10. The van der Waals surface area contributed by atoms with E-state index in [1.54, 1.807) is 7.11 Å². The predicted octanol–water partition coefficient (Wildman–Crippen LogP) is 5.56. The molecule has 19 heavy (non-hydrogen) atoms. The van der Waals surface area contributed by atoms with Gasteiger partial charge in [0, 0.05) is 4.47 Å². The molecule has 0 aliphatic rings. The minimum Gasteiger partial charge on any atom is -0.496 e. The Labute approximate surface area is 131 Å². The van der Waals surface area contributed by atoms with Gasteiger partial charge >= 0.3 is 0 Å². The Morgan fingerprint density at radius 2 is 1.47 bits per heavy atom. The maximum absolute atomic E-state index is 5.41. The first-order valence-electron chi connectivity index (χ1n) is 6.07. The minimum atomic E-state index is 0.198. The van der Waals surface area contributed by atoms with Gasteiger partial charge in [-0.3, -0.25) is 0 Å². The second-order valence-electron chi connectivity index (χ2n) is 4.60. The van der Waals surface area contributed by atoms with E-state index in [0.717, 1.165) is 10.2 Å². The molecule has 1 atom stereocenters. The molecular formula is C16H16Br2O. The van der Waals surface area contributed by atoms with Crippen LogP contribution in [0.15, 0.2) is 40.9 Å². The van der Waals surface area contributed by atoms with Crippen molar-refractivity contribution in [3.63, 3.8) is 0 Å². The number of hydrogen-bond acceptors (Lipinski definition) is 1. The molecule has 0 aromatic heterocycles. The lowest BCUT2D eigenvalue weighted by atomic mass is 10.00. The predicted molar refractivity (Wildman–Crippen MR) is 87.4 cm³/mol. The van der Waals surface area contributed by atoms with Crippen LogP contribution >= 0.6 is 31.9 Å². The molecule has 0 N–H and O–H groups in total. The van der Waals surface area contributed by atoms with Gasteiger partial charge in [0.2, 0.25) is 0 Å². The number of methoxy groups -OCH3 is 1. The van der Waals surface area contributed by atoms with Crippen LogP contribution in [0.1, 0.15) is 27.1 Å². The molecule has 0 aliphatic carbocycles. The summed E-state index contributed by atoms with van der Waals surface area (Å²) in [5.41, 5.74) is 4.82. The van der Waals surface area contributed by atoms with Crippen molar-refractivity contribution in [3.8, 4) is 5.75 Å². The van der Waals surface area contributed by atoms with E-state index in [0.29, 0.717) is 0 Å². The van der Waals surface area contributed by atoms with Crippen molar-refractivity contribution in [1.82, 2.24) is 0 Å². The number of halogens is 2. The van der Waals surface area contributed by atoms with E-state index in [9.17, 15) is 0 Å². The maximum atomic E-state index is 5.41. The van der Waals surface area contributed by atoms with Gasteiger partial charge in [-0.2, -0.15) is 0 Å². The van der Waals surface area contributed by atoms with Gasteiger partial charge in [-0.05, 0) is 48.2 Å². The molecule has 0 fully saturated rings. The molecule has 2 aromatic carbocycles. The van der Waals surface area contributed by atoms with Gasteiger partial charge in [-0.15, -0.1) is 0 Å². The lowest BCUT2D eigenvalue weighted by Gasteiger charge is -2.15. The van der Waals surface area contributed by atoms with Gasteiger partial charge in [-0.25, -0.2) is 0 Å². The molecule has 0 amide bonds. The van der Waals surface area contributed by atoms with Gasteiger partial charge in [0.1, 0.15) is 5.75 Å². The van der Waals surface area contributed by atoms with E-state index in [-0.39, 0.29) is 4.83 Å². The summed E-state index contributed by atoms with van der Waals surface area (Å²) < 4.78 is 6.51. The van der Waals surface area contributed by atoms with Crippen LogP contribution in [0.25, 0.3) is 0 Å². The highest BCUT2D eigenvalue weighted by atomic mass is 79.9. The highest BCUT2D eigenvalue weighted by Crippen LogP contribution is 2.35. The summed E-state index contributed by atoms with van der Waals surface area (Å²) in [6.07, 6.45) is 0. The monoisotopic (exact) mass is 382 g/mol. The fourth-order valence-electron chi connectivity index (χ4n) is 2.28. The molecule has 0 heterocycles. The zero-order chi connectivity index (χ0) is 14.0. The summed E-state index contributed by atoms with van der Waals surface area (Å²) in [6, 6.07) is 12.7. The largest absolute Gasteiger partial charge is 0.496 e. The van der Waals surface area contributed by atoms with Crippen molar-refractivity contribution in [2.75, 3.05) is 7.11 Å². The van der Waals surface area contributed by atoms with Crippen LogP contribution in [0.5, 0.6) is 5.75 Å². The molecular weight excluding hydrogens is 368 g/mol. The van der Waals surface area contributed by atoms with Crippen molar-refractivity contribution >= 4 is 31.9 Å². The van der Waals surface area contributed by atoms with Crippen molar-refractivity contribution in [2.45, 2.75) is 18.7 Å². The molecule has 0 radical (unpaired) electrons. The molecule has 0 aliphatic heterocycles. The Bertz CT molecular complexity index is 553. The third-order valence-corrected chi connectivity index (χ3v) is 4.73. The maximum Gasteiger partial charge on any atom is 0.124 e. The molecule has 0 saturated carbocycles. The van der Waals surface area contributed by atoms with E-state index >= 15 is 0 Å². The van der Waals surface area contributed by atoms with Crippen LogP contribution in [0.2, 0.25) is 0 Å². The number of benzene rings is 2. The molecule has 0 spiro atoms. The molecule has 0 bridgehead atoms. The number of rotatable bonds is 3. The van der Waals surface area contributed by atoms with E-state index < -0.39 is 0 Å². The van der Waals surface area contributed by atoms with E-state index in [1.807, 2.05) is 0 Å². The Hall–Kier alpha value is -0.800. The molecule has 100 valence electrons. The minimum absolute atomic E-state index is 0.198. The molecule has 1 unspecified atom stereocenters. The first-order chi connectivity index (χ1) is 9.02. The number of ether oxygens (including phenoxy) is 1. The first kappa shape index (κ1) is 14.6. The van der Waals surface area contributed by atoms with Gasteiger partial charge in [0.15, 0.2) is 0 Å². The highest BCUT2D eigenvalue weighted by molar-refractivity contribution is 9.10. The first-order valence-corrected chi connectivity index (χ1v) is 7.78. The van der Waals surface area contributed by atoms with E-state index in [4.69, 9.17) is 4.74 Å². The van der Waals surface area contributed by atoms with Gasteiger partial charge in [0.25, 0.3) is 0 Å². The Balaban J connectivity index is 2.39. The summed E-state index contributed by atoms with van der Waals surface area (Å²) >= 11 is 7.24. The van der Waals surface area contributed by atoms with Crippen LogP contribution in [-0.2, 0) is 0 Å². The number of alkyl halides is 1. The molecule has 0 saturated heterocycles. The third-order valence-electron chi connectivity index (χ3n) is 3.14. The van der Waals surface area contributed by atoms with E-state index in [2.05, 4.69) is 82.1 Å². The van der Waals surface area contributed by atoms with Gasteiger partial charge in [-0.1, -0.05) is 56.1 Å². The van der Waals surface area contributed by atoms with Crippen molar-refractivity contribution in [3.05, 3.63) is 63.1 Å². The fraction of sp³-hybridized carbons (Fsp3) is 0.250. The van der Waals surface area contributed by atoms with Crippen LogP contribution in [0.4, 0.5) is 0 Å². The van der Waals surface area contributed by atoms with Crippen molar-refractivity contribution < 1.29 is 4.74 Å². The number of aryl methyl sites for hydroxylation is 2. The standard InChI is InChI=1S/C16H16Br2O/c1-10-8-13(9-11(2)16(10)19-3)15(18)12-4-6-14(17)7-5-12/h4-9,15H,1-3H3. The van der Waals surface area contributed by atoms with Crippen LogP contribution in [-0.4, -0.2) is 7.11 Å². The normalized spacial score (nSPS) is 12.3. The smallest absolute Gasteiger partial charge is 0.124 e. The Morgan fingerprint density at radius 3 is 1.95 bits per heavy atom. The van der Waals surface area contributed by atoms with Crippen LogP contribution in [0.3, 0.4) is 0 Å². The Kier molecular flexibility index (Phi) is 4.69. The zero-order valence-electron chi connectivity index (χ0n) is 11.2. The summed E-state index contributed by atoms with van der Waals surface area (Å²) in [4.78, 5) is 0.198. The molecule has 2 rings (SSSR count). The lowest BCUT2D eigenvalue weighted by molar-refractivity contribution is 0.408. The lowest BCUT2D eigenvalue weighted by Crippen LogP contribution is -1.97. The van der Waals surface area contributed by atoms with Gasteiger partial charge < -0.3 is 4.74 Å². The highest BCUT2D eigenvalue weighted by Gasteiger charge is 2.13. The van der Waals surface area contributed by atoms with Crippen molar-refractivity contribution in [1.29, 1.82) is 0 Å². The average molecular weight is 384 g/mol. The molecule has 2 aromatic rings. The average Bonchev–Trinajstić information content (AvgIpc) is 2.38. The third kappa shape index (κ3) is 3.21. The topological polar surface area (TPSA) is 9.23 Å². The Morgan fingerprint density at radius 1 is 0.947 bits per heavy atom. The summed E-state index contributed by atoms with van der Waals surface area (Å²) in [6.45, 7) is 4.16. The fourth-order valence-corrected chi connectivity index (χ4v) is 3.11. The summed E-state index contributed by atoms with van der Waals surface area (Å²) in [5, 5.41) is 0. The van der Waals surface area contributed by atoms with E-state index in [1.165, 1.54) is 22.3 Å². The molecule has 3 heteroatoms. The second-order valence-corrected chi connectivity index (χ2v) is 6.43. The van der Waals surface area contributed by atoms with Crippen LogP contribution < -0.4 is 4.74 Å². The summed E-state index contributed by atoms with van der Waals surface area (Å²) in [5.74, 6) is 0.972. The van der Waals surface area contributed by atoms with Gasteiger partial charge in [0.05, 0.1) is 11.9 Å². The molecule has 1 nitrogen and oxygen atoms in total. The van der Waals surface area contributed by atoms with Crippen molar-refractivity contribution in [2.24, 2.45) is 0 Å². The quantitative estimate of drug-likeness (QED) is 0.630.